The third-order valence-electron chi connectivity index (χ3n) is 5.98. The van der Waals surface area contributed by atoms with E-state index in [1.807, 2.05) is 36.4 Å². The van der Waals surface area contributed by atoms with Crippen molar-refractivity contribution < 1.29 is 9.53 Å². The van der Waals surface area contributed by atoms with Gasteiger partial charge in [-0.2, -0.15) is 15.0 Å². The van der Waals surface area contributed by atoms with Crippen LogP contribution in [0.5, 0.6) is 5.75 Å². The number of rotatable bonds is 11. The molecule has 0 aliphatic carbocycles. The fourth-order valence-corrected chi connectivity index (χ4v) is 3.71. The van der Waals surface area contributed by atoms with Crippen LogP contribution in [0.1, 0.15) is 31.9 Å². The predicted molar refractivity (Wildman–Crippen MR) is 153 cm³/mol. The summed E-state index contributed by atoms with van der Waals surface area (Å²) in [5, 5.41) is 12.5. The molecule has 3 aromatic carbocycles. The fraction of sp³-hybridized carbons (Fsp3) is 0.241. The molecule has 0 radical (unpaired) electrons. The third kappa shape index (κ3) is 6.97. The molecule has 0 aliphatic heterocycles. The van der Waals surface area contributed by atoms with Gasteiger partial charge in [0.05, 0.1) is 12.8 Å². The monoisotopic (exact) mass is 511 g/mol. The molecule has 0 aliphatic rings. The van der Waals surface area contributed by atoms with Crippen molar-refractivity contribution in [2.24, 2.45) is 0 Å². The van der Waals surface area contributed by atoms with E-state index in [4.69, 9.17) is 4.74 Å². The predicted octanol–water partition coefficient (Wildman–Crippen LogP) is 5.93. The SMILES string of the molecule is CCc1ccc(Nc2nc(Nc3ccc(CC)cc3)nc(NC(C)C(=O)Nc3ccccc3OC)n2)cc1. The highest BCUT2D eigenvalue weighted by Gasteiger charge is 2.17. The minimum atomic E-state index is -0.643. The summed E-state index contributed by atoms with van der Waals surface area (Å²) in [5.74, 6) is 1.26. The van der Waals surface area contributed by atoms with Crippen LogP contribution in [-0.2, 0) is 17.6 Å². The molecule has 38 heavy (non-hydrogen) atoms. The van der Waals surface area contributed by atoms with E-state index in [-0.39, 0.29) is 11.9 Å². The van der Waals surface area contributed by atoms with Crippen LogP contribution in [-0.4, -0.2) is 34.0 Å². The summed E-state index contributed by atoms with van der Waals surface area (Å²) in [4.78, 5) is 26.5. The number of hydrogen-bond acceptors (Lipinski definition) is 8. The Kier molecular flexibility index (Phi) is 8.71. The van der Waals surface area contributed by atoms with Crippen molar-refractivity contribution >= 4 is 40.8 Å². The number of anilines is 6. The summed E-state index contributed by atoms with van der Waals surface area (Å²) in [6, 6.07) is 22.8. The van der Waals surface area contributed by atoms with Crippen LogP contribution in [0.25, 0.3) is 0 Å². The van der Waals surface area contributed by atoms with Gasteiger partial charge in [-0.15, -0.1) is 0 Å². The number of nitrogens with one attached hydrogen (secondary N) is 4. The summed E-state index contributed by atoms with van der Waals surface area (Å²) >= 11 is 0. The Labute approximate surface area is 223 Å². The Balaban J connectivity index is 1.56. The second-order valence-corrected chi connectivity index (χ2v) is 8.71. The number of carbonyl (C=O) groups excluding carboxylic acids is 1. The second kappa shape index (κ2) is 12.5. The van der Waals surface area contributed by atoms with Crippen molar-refractivity contribution in [1.82, 2.24) is 15.0 Å². The smallest absolute Gasteiger partial charge is 0.246 e. The molecule has 9 nitrogen and oxygen atoms in total. The van der Waals surface area contributed by atoms with Crippen molar-refractivity contribution in [2.75, 3.05) is 28.4 Å². The number of amides is 1. The number of benzene rings is 3. The minimum Gasteiger partial charge on any atom is -0.495 e. The maximum Gasteiger partial charge on any atom is 0.246 e. The van der Waals surface area contributed by atoms with Crippen molar-refractivity contribution in [1.29, 1.82) is 0 Å². The van der Waals surface area contributed by atoms with Crippen molar-refractivity contribution in [3.8, 4) is 5.75 Å². The van der Waals surface area contributed by atoms with Gasteiger partial charge in [-0.1, -0.05) is 50.2 Å². The van der Waals surface area contributed by atoms with E-state index in [1.54, 1.807) is 26.2 Å². The molecular weight excluding hydrogens is 478 g/mol. The minimum absolute atomic E-state index is 0.253. The lowest BCUT2D eigenvalue weighted by molar-refractivity contribution is -0.116. The molecule has 0 saturated heterocycles. The van der Waals surface area contributed by atoms with Crippen LogP contribution < -0.4 is 26.0 Å². The first-order chi connectivity index (χ1) is 18.5. The largest absolute Gasteiger partial charge is 0.495 e. The summed E-state index contributed by atoms with van der Waals surface area (Å²) in [6.45, 7) is 5.97. The van der Waals surface area contributed by atoms with E-state index in [2.05, 4.69) is 74.3 Å². The van der Waals surface area contributed by atoms with E-state index in [9.17, 15) is 4.79 Å². The zero-order chi connectivity index (χ0) is 26.9. The van der Waals surface area contributed by atoms with Gasteiger partial charge in [0.2, 0.25) is 23.8 Å². The van der Waals surface area contributed by atoms with Gasteiger partial charge in [0, 0.05) is 11.4 Å². The molecule has 1 aromatic heterocycles. The molecule has 1 amide bonds. The quantitative estimate of drug-likeness (QED) is 0.196. The van der Waals surface area contributed by atoms with Gasteiger partial charge in [-0.25, -0.2) is 0 Å². The molecule has 4 N–H and O–H groups in total. The van der Waals surface area contributed by atoms with Crippen LogP contribution in [0.15, 0.2) is 72.8 Å². The number of para-hydroxylation sites is 2. The molecule has 4 rings (SSSR count). The molecule has 196 valence electrons. The molecule has 1 atom stereocenters. The topological polar surface area (TPSA) is 113 Å². The van der Waals surface area contributed by atoms with E-state index < -0.39 is 6.04 Å². The highest BCUT2D eigenvalue weighted by Crippen LogP contribution is 2.24. The zero-order valence-electron chi connectivity index (χ0n) is 22.1. The van der Waals surface area contributed by atoms with Crippen LogP contribution in [0.2, 0.25) is 0 Å². The van der Waals surface area contributed by atoms with Gasteiger partial charge in [0.1, 0.15) is 11.8 Å². The highest BCUT2D eigenvalue weighted by atomic mass is 16.5. The number of aromatic nitrogens is 3. The Morgan fingerprint density at radius 2 is 1.26 bits per heavy atom. The lowest BCUT2D eigenvalue weighted by Gasteiger charge is -2.17. The molecule has 0 bridgehead atoms. The standard InChI is InChI=1S/C29H33N7O2/c1-5-20-11-15-22(16-12-20)31-28-34-27(35-29(36-28)32-23-17-13-21(6-2)14-18-23)30-19(3)26(37)33-24-9-7-8-10-25(24)38-4/h7-19H,5-6H2,1-4H3,(H,33,37)(H3,30,31,32,34,35,36). The summed E-state index contributed by atoms with van der Waals surface area (Å²) in [7, 11) is 1.56. The van der Waals surface area contributed by atoms with Gasteiger partial charge in [-0.3, -0.25) is 4.79 Å². The average molecular weight is 512 g/mol. The second-order valence-electron chi connectivity index (χ2n) is 8.71. The summed E-state index contributed by atoms with van der Waals surface area (Å²) in [6.07, 6.45) is 1.92. The van der Waals surface area contributed by atoms with Gasteiger partial charge in [0.25, 0.3) is 0 Å². The number of methoxy groups -OCH3 is 1. The lowest BCUT2D eigenvalue weighted by Crippen LogP contribution is -2.32. The molecular formula is C29H33N7O2. The normalized spacial score (nSPS) is 11.4. The van der Waals surface area contributed by atoms with E-state index >= 15 is 0 Å². The molecule has 1 unspecified atom stereocenters. The highest BCUT2D eigenvalue weighted by molar-refractivity contribution is 5.97. The molecule has 0 spiro atoms. The molecule has 4 aromatic rings. The number of ether oxygens (including phenoxy) is 1. The van der Waals surface area contributed by atoms with Gasteiger partial charge < -0.3 is 26.0 Å². The summed E-state index contributed by atoms with van der Waals surface area (Å²) < 4.78 is 5.33. The van der Waals surface area contributed by atoms with E-state index in [0.717, 1.165) is 24.2 Å². The fourth-order valence-electron chi connectivity index (χ4n) is 3.71. The maximum absolute atomic E-state index is 12.9. The van der Waals surface area contributed by atoms with Crippen LogP contribution in [0.3, 0.4) is 0 Å². The first kappa shape index (κ1) is 26.4. The van der Waals surface area contributed by atoms with E-state index in [0.29, 0.717) is 23.3 Å². The number of aryl methyl sites for hydroxylation is 2. The van der Waals surface area contributed by atoms with E-state index in [1.165, 1.54) is 11.1 Å². The van der Waals surface area contributed by atoms with Crippen molar-refractivity contribution in [3.05, 3.63) is 83.9 Å². The lowest BCUT2D eigenvalue weighted by atomic mass is 10.1. The Morgan fingerprint density at radius 1 is 0.763 bits per heavy atom. The van der Waals surface area contributed by atoms with Crippen molar-refractivity contribution in [2.45, 2.75) is 39.7 Å². The third-order valence-corrected chi connectivity index (χ3v) is 5.98. The van der Waals surface area contributed by atoms with Gasteiger partial charge >= 0.3 is 0 Å². The number of nitrogens with zero attached hydrogens (tertiary/aromatic N) is 3. The van der Waals surface area contributed by atoms with Crippen LogP contribution >= 0.6 is 0 Å². The molecule has 9 heteroatoms. The van der Waals surface area contributed by atoms with Crippen LogP contribution in [0, 0.1) is 0 Å². The molecule has 1 heterocycles. The molecule has 0 saturated carbocycles. The zero-order valence-corrected chi connectivity index (χ0v) is 22.1. The molecule has 0 fully saturated rings. The average Bonchev–Trinajstić information content (AvgIpc) is 2.94. The first-order valence-electron chi connectivity index (χ1n) is 12.7. The Hall–Kier alpha value is -4.66. The first-order valence-corrected chi connectivity index (χ1v) is 12.7. The van der Waals surface area contributed by atoms with Gasteiger partial charge in [-0.05, 0) is 67.3 Å². The number of carbonyl (C=O) groups is 1. The summed E-state index contributed by atoms with van der Waals surface area (Å²) in [5.41, 5.74) is 4.75. The van der Waals surface area contributed by atoms with Crippen molar-refractivity contribution in [3.63, 3.8) is 0 Å². The number of hydrogen-bond donors (Lipinski definition) is 4. The van der Waals surface area contributed by atoms with Gasteiger partial charge in [0.15, 0.2) is 0 Å². The Morgan fingerprint density at radius 3 is 1.76 bits per heavy atom. The maximum atomic E-state index is 12.9. The van der Waals surface area contributed by atoms with Crippen LogP contribution in [0.4, 0.5) is 34.9 Å². The Bertz CT molecular complexity index is 1290.